The van der Waals surface area contributed by atoms with E-state index in [1.807, 2.05) is 30.3 Å². The van der Waals surface area contributed by atoms with Crippen molar-refractivity contribution in [3.8, 4) is 11.5 Å². The van der Waals surface area contributed by atoms with E-state index in [0.29, 0.717) is 22.7 Å². The zero-order valence-corrected chi connectivity index (χ0v) is 18.3. The number of nitrogens with one attached hydrogen (secondary N) is 1. The van der Waals surface area contributed by atoms with Crippen LogP contribution in [0.3, 0.4) is 0 Å². The minimum absolute atomic E-state index is 0.150. The molecule has 34 heavy (non-hydrogen) atoms. The van der Waals surface area contributed by atoms with Gasteiger partial charge in [-0.1, -0.05) is 36.4 Å². The monoisotopic (exact) mass is 450 g/mol. The average Bonchev–Trinajstić information content (AvgIpc) is 3.55. The van der Waals surface area contributed by atoms with Crippen LogP contribution < -0.4 is 15.0 Å². The van der Waals surface area contributed by atoms with Crippen LogP contribution in [0.15, 0.2) is 91.0 Å². The van der Waals surface area contributed by atoms with Gasteiger partial charge in [-0.3, -0.25) is 14.4 Å². The number of nitrogens with zero attached hydrogens (tertiary/aromatic N) is 1. The summed E-state index contributed by atoms with van der Waals surface area (Å²) in [6, 6.07) is 23.2. The van der Waals surface area contributed by atoms with E-state index < -0.39 is 0 Å². The summed E-state index contributed by atoms with van der Waals surface area (Å²) in [4.78, 5) is 40.3. The molecule has 6 nitrogen and oxygen atoms in total. The van der Waals surface area contributed by atoms with Crippen LogP contribution in [0.25, 0.3) is 0 Å². The summed E-state index contributed by atoms with van der Waals surface area (Å²) < 4.78 is 5.78. The lowest BCUT2D eigenvalue weighted by molar-refractivity contribution is -0.123. The van der Waals surface area contributed by atoms with E-state index in [-0.39, 0.29) is 41.4 Å². The standard InChI is InChI=1S/C28H22N2O4/c31-26(29-20-11-13-23(14-12-20)34-22-7-2-1-3-8-22)19-5-4-6-21(16-19)30-27(32)24-17-9-10-18(15-17)25(24)28(30)33/h1-14,16-18,24-25H,15H2,(H,29,31). The molecule has 2 aliphatic carbocycles. The van der Waals surface area contributed by atoms with Crippen LogP contribution in [0.5, 0.6) is 11.5 Å². The first-order valence-corrected chi connectivity index (χ1v) is 11.4. The summed E-state index contributed by atoms with van der Waals surface area (Å²) in [6.45, 7) is 0. The van der Waals surface area contributed by atoms with Gasteiger partial charge in [-0.15, -0.1) is 0 Å². The normalized spacial score (nSPS) is 24.4. The van der Waals surface area contributed by atoms with E-state index in [9.17, 15) is 14.4 Å². The minimum atomic E-state index is -0.320. The molecule has 3 amide bonds. The van der Waals surface area contributed by atoms with Crippen LogP contribution in [-0.4, -0.2) is 17.7 Å². The zero-order valence-electron chi connectivity index (χ0n) is 18.3. The first kappa shape index (κ1) is 20.4. The molecule has 0 radical (unpaired) electrons. The molecule has 1 saturated carbocycles. The molecular weight excluding hydrogens is 428 g/mol. The van der Waals surface area contributed by atoms with Crippen molar-refractivity contribution >= 4 is 29.1 Å². The Bertz CT molecular complexity index is 1290. The summed E-state index contributed by atoms with van der Waals surface area (Å²) in [5.74, 6) is 0.527. The second kappa shape index (κ2) is 7.99. The fraction of sp³-hybridized carbons (Fsp3) is 0.179. The molecule has 1 saturated heterocycles. The molecular formula is C28H22N2O4. The zero-order chi connectivity index (χ0) is 23.2. The number of benzene rings is 3. The van der Waals surface area contributed by atoms with Crippen LogP contribution in [0.2, 0.25) is 0 Å². The fourth-order valence-electron chi connectivity index (χ4n) is 5.38. The highest BCUT2D eigenvalue weighted by molar-refractivity contribution is 6.23. The van der Waals surface area contributed by atoms with Gasteiger partial charge in [-0.25, -0.2) is 4.90 Å². The Morgan fingerprint density at radius 1 is 0.794 bits per heavy atom. The lowest BCUT2D eigenvalue weighted by Gasteiger charge is -2.18. The van der Waals surface area contributed by atoms with E-state index >= 15 is 0 Å². The van der Waals surface area contributed by atoms with E-state index in [1.165, 1.54) is 4.90 Å². The van der Waals surface area contributed by atoms with Gasteiger partial charge in [0.1, 0.15) is 11.5 Å². The van der Waals surface area contributed by atoms with Gasteiger partial charge in [0, 0.05) is 11.3 Å². The number of fused-ring (bicyclic) bond motifs is 5. The fourth-order valence-corrected chi connectivity index (χ4v) is 5.38. The van der Waals surface area contributed by atoms with Crippen LogP contribution in [-0.2, 0) is 9.59 Å². The lowest BCUT2D eigenvalue weighted by atomic mass is 9.85. The molecule has 0 aromatic heterocycles. The second-order valence-corrected chi connectivity index (χ2v) is 8.96. The topological polar surface area (TPSA) is 75.7 Å². The predicted molar refractivity (Wildman–Crippen MR) is 128 cm³/mol. The van der Waals surface area contributed by atoms with E-state index in [0.717, 1.165) is 12.2 Å². The molecule has 1 heterocycles. The quantitative estimate of drug-likeness (QED) is 0.436. The number of para-hydroxylation sites is 1. The summed E-state index contributed by atoms with van der Waals surface area (Å²) in [7, 11) is 0. The molecule has 1 N–H and O–H groups in total. The van der Waals surface area contributed by atoms with Gasteiger partial charge in [-0.05, 0) is 72.9 Å². The van der Waals surface area contributed by atoms with Crippen molar-refractivity contribution in [2.75, 3.05) is 10.2 Å². The third-order valence-corrected chi connectivity index (χ3v) is 6.93. The van der Waals surface area contributed by atoms with Crippen molar-refractivity contribution in [1.29, 1.82) is 0 Å². The Labute approximate surface area is 196 Å². The summed E-state index contributed by atoms with van der Waals surface area (Å²) in [5.41, 5.74) is 1.44. The number of imide groups is 1. The third kappa shape index (κ3) is 3.39. The minimum Gasteiger partial charge on any atom is -0.457 e. The maximum absolute atomic E-state index is 13.1. The Morgan fingerprint density at radius 2 is 1.44 bits per heavy atom. The number of anilines is 2. The highest BCUT2D eigenvalue weighted by Crippen LogP contribution is 2.53. The van der Waals surface area contributed by atoms with Gasteiger partial charge in [0.05, 0.1) is 17.5 Å². The van der Waals surface area contributed by atoms with Gasteiger partial charge in [-0.2, -0.15) is 0 Å². The maximum atomic E-state index is 13.1. The van der Waals surface area contributed by atoms with Crippen molar-refractivity contribution in [3.05, 3.63) is 96.6 Å². The number of hydrogen-bond acceptors (Lipinski definition) is 4. The van der Waals surface area contributed by atoms with E-state index in [4.69, 9.17) is 4.74 Å². The average molecular weight is 450 g/mol. The molecule has 0 spiro atoms. The van der Waals surface area contributed by atoms with Gasteiger partial charge in [0.2, 0.25) is 11.8 Å². The third-order valence-electron chi connectivity index (χ3n) is 6.93. The van der Waals surface area contributed by atoms with E-state index in [2.05, 4.69) is 17.5 Å². The SMILES string of the molecule is O=C(Nc1ccc(Oc2ccccc2)cc1)c1cccc(N2C(=O)C3C4C=CC(C4)C3C2=O)c1. The van der Waals surface area contributed by atoms with E-state index in [1.54, 1.807) is 48.5 Å². The molecule has 3 aromatic rings. The number of rotatable bonds is 5. The first-order valence-electron chi connectivity index (χ1n) is 11.4. The Hall–Kier alpha value is -4.19. The largest absolute Gasteiger partial charge is 0.457 e. The van der Waals surface area contributed by atoms with Crippen molar-refractivity contribution in [1.82, 2.24) is 0 Å². The molecule has 4 atom stereocenters. The molecule has 3 aliphatic rings. The Morgan fingerprint density at radius 3 is 2.12 bits per heavy atom. The number of ether oxygens (including phenoxy) is 1. The highest BCUT2D eigenvalue weighted by atomic mass is 16.5. The highest BCUT2D eigenvalue weighted by Gasteiger charge is 2.59. The molecule has 1 aliphatic heterocycles. The smallest absolute Gasteiger partial charge is 0.255 e. The predicted octanol–water partition coefficient (Wildman–Crippen LogP) is 5.04. The molecule has 2 bridgehead atoms. The number of carbonyl (C=O) groups excluding carboxylic acids is 3. The van der Waals surface area contributed by atoms with Crippen molar-refractivity contribution in [2.45, 2.75) is 6.42 Å². The first-order chi connectivity index (χ1) is 16.6. The molecule has 4 unspecified atom stereocenters. The number of carbonyl (C=O) groups is 3. The second-order valence-electron chi connectivity index (χ2n) is 8.96. The van der Waals surface area contributed by atoms with Crippen molar-refractivity contribution in [2.24, 2.45) is 23.7 Å². The Kier molecular flexibility index (Phi) is 4.80. The maximum Gasteiger partial charge on any atom is 0.255 e. The summed E-state index contributed by atoms with van der Waals surface area (Å²) in [5, 5.41) is 2.86. The van der Waals surface area contributed by atoms with Crippen molar-refractivity contribution < 1.29 is 19.1 Å². The summed E-state index contributed by atoms with van der Waals surface area (Å²) >= 11 is 0. The molecule has 168 valence electrons. The van der Waals surface area contributed by atoms with Gasteiger partial charge in [0.25, 0.3) is 5.91 Å². The van der Waals surface area contributed by atoms with Crippen LogP contribution in [0.4, 0.5) is 11.4 Å². The number of amides is 3. The van der Waals surface area contributed by atoms with Crippen LogP contribution in [0, 0.1) is 23.7 Å². The summed E-state index contributed by atoms with van der Waals surface area (Å²) in [6.07, 6.45) is 5.03. The van der Waals surface area contributed by atoms with Crippen LogP contribution in [0.1, 0.15) is 16.8 Å². The van der Waals surface area contributed by atoms with Gasteiger partial charge >= 0.3 is 0 Å². The van der Waals surface area contributed by atoms with Crippen LogP contribution >= 0.6 is 0 Å². The molecule has 6 heteroatoms. The van der Waals surface area contributed by atoms with Gasteiger partial charge in [0.15, 0.2) is 0 Å². The molecule has 6 rings (SSSR count). The number of allylic oxidation sites excluding steroid dienone is 2. The van der Waals surface area contributed by atoms with Crippen molar-refractivity contribution in [3.63, 3.8) is 0 Å². The lowest BCUT2D eigenvalue weighted by Crippen LogP contribution is -2.33. The molecule has 2 fully saturated rings. The number of hydrogen-bond donors (Lipinski definition) is 1. The molecule has 3 aromatic carbocycles. The van der Waals surface area contributed by atoms with Gasteiger partial charge < -0.3 is 10.1 Å². The Balaban J connectivity index is 1.16.